The number of nitrogens with one attached hydrogen (secondary N) is 2. The predicted molar refractivity (Wildman–Crippen MR) is 139 cm³/mol. The number of rotatable bonds is 10. The maximum atomic E-state index is 12.7. The van der Waals surface area contributed by atoms with Gasteiger partial charge >= 0.3 is 6.18 Å². The van der Waals surface area contributed by atoms with Gasteiger partial charge in [0.2, 0.25) is 0 Å². The Labute approximate surface area is 219 Å². The molecule has 0 saturated carbocycles. The van der Waals surface area contributed by atoms with Gasteiger partial charge in [0.25, 0.3) is 5.91 Å². The lowest BCUT2D eigenvalue weighted by molar-refractivity contribution is -0.138. The van der Waals surface area contributed by atoms with E-state index in [-0.39, 0.29) is 12.5 Å². The summed E-state index contributed by atoms with van der Waals surface area (Å²) in [7, 11) is 3.22. The van der Waals surface area contributed by atoms with Gasteiger partial charge in [0.1, 0.15) is 17.3 Å². The zero-order valence-corrected chi connectivity index (χ0v) is 21.5. The summed E-state index contributed by atoms with van der Waals surface area (Å²) < 4.78 is 48.0. The fraction of sp³-hybridized carbons (Fsp3) is 0.407. The number of ether oxygens (including phenoxy) is 2. The van der Waals surface area contributed by atoms with E-state index in [1.807, 2.05) is 41.3 Å². The maximum Gasteiger partial charge on any atom is 0.390 e. The number of benzene rings is 2. The minimum atomic E-state index is -4.13. The van der Waals surface area contributed by atoms with Crippen LogP contribution in [0.15, 0.2) is 48.5 Å². The summed E-state index contributed by atoms with van der Waals surface area (Å²) >= 11 is 0. The van der Waals surface area contributed by atoms with Crippen molar-refractivity contribution >= 4 is 17.4 Å². The number of hydrogen-bond acceptors (Lipinski definition) is 6. The summed E-state index contributed by atoms with van der Waals surface area (Å²) in [6, 6.07) is 14.7. The lowest BCUT2D eigenvalue weighted by atomic mass is 10.1. The Bertz CT molecular complexity index is 1180. The van der Waals surface area contributed by atoms with E-state index >= 15 is 0 Å². The van der Waals surface area contributed by atoms with Gasteiger partial charge < -0.3 is 19.7 Å². The number of alkyl halides is 3. The number of methoxy groups -OCH3 is 2. The first kappa shape index (κ1) is 27.3. The lowest BCUT2D eigenvalue weighted by Crippen LogP contribution is -2.47. The van der Waals surface area contributed by atoms with Crippen LogP contribution in [0.4, 0.5) is 24.7 Å². The van der Waals surface area contributed by atoms with Crippen molar-refractivity contribution in [3.8, 4) is 11.5 Å². The Hall–Kier alpha value is -3.73. The van der Waals surface area contributed by atoms with Crippen molar-refractivity contribution in [2.24, 2.45) is 0 Å². The highest BCUT2D eigenvalue weighted by Gasteiger charge is 2.28. The second-order valence-corrected chi connectivity index (χ2v) is 9.19. The van der Waals surface area contributed by atoms with E-state index in [2.05, 4.69) is 20.4 Å². The molecule has 4 rings (SSSR count). The number of amides is 1. The summed E-state index contributed by atoms with van der Waals surface area (Å²) in [4.78, 5) is 16.7. The summed E-state index contributed by atoms with van der Waals surface area (Å²) in [6.45, 7) is 2.46. The van der Waals surface area contributed by atoms with Gasteiger partial charge in [-0.05, 0) is 54.8 Å². The molecule has 0 spiro atoms. The number of anilines is 2. The fourth-order valence-corrected chi connectivity index (χ4v) is 4.37. The van der Waals surface area contributed by atoms with Crippen LogP contribution >= 0.6 is 0 Å². The molecule has 0 unspecified atom stereocenters. The smallest absolute Gasteiger partial charge is 0.390 e. The number of halogens is 3. The number of carbonyl (C=O) groups is 1. The largest absolute Gasteiger partial charge is 0.497 e. The van der Waals surface area contributed by atoms with Gasteiger partial charge in [0.15, 0.2) is 0 Å². The highest BCUT2D eigenvalue weighted by Crippen LogP contribution is 2.24. The molecule has 204 valence electrons. The molecule has 2 N–H and O–H groups in total. The van der Waals surface area contributed by atoms with Gasteiger partial charge in [0, 0.05) is 56.1 Å². The van der Waals surface area contributed by atoms with Crippen molar-refractivity contribution in [2.75, 3.05) is 57.2 Å². The van der Waals surface area contributed by atoms with Crippen molar-refractivity contribution in [2.45, 2.75) is 25.4 Å². The molecular formula is C27H32F3N5O3. The third kappa shape index (κ3) is 7.64. The Balaban J connectivity index is 1.26. The van der Waals surface area contributed by atoms with Crippen LogP contribution in [-0.2, 0) is 12.8 Å². The predicted octanol–water partition coefficient (Wildman–Crippen LogP) is 4.54. The second kappa shape index (κ2) is 12.2. The molecule has 1 aliphatic rings. The molecule has 2 heterocycles. The van der Waals surface area contributed by atoms with E-state index in [0.29, 0.717) is 44.0 Å². The summed E-state index contributed by atoms with van der Waals surface area (Å²) in [5.74, 6) is 1.70. The normalized spacial score (nSPS) is 14.4. The topological polar surface area (TPSA) is 82.7 Å². The third-order valence-corrected chi connectivity index (χ3v) is 6.54. The zero-order valence-electron chi connectivity index (χ0n) is 21.5. The van der Waals surface area contributed by atoms with E-state index in [1.165, 1.54) is 0 Å². The van der Waals surface area contributed by atoms with Crippen LogP contribution in [0, 0.1) is 0 Å². The van der Waals surface area contributed by atoms with E-state index in [1.54, 1.807) is 26.4 Å². The molecule has 0 atom stereocenters. The first-order chi connectivity index (χ1) is 18.2. The monoisotopic (exact) mass is 531 g/mol. The molecule has 38 heavy (non-hydrogen) atoms. The Morgan fingerprint density at radius 3 is 2.24 bits per heavy atom. The maximum absolute atomic E-state index is 12.7. The van der Waals surface area contributed by atoms with Crippen LogP contribution in [0.2, 0.25) is 0 Å². The summed E-state index contributed by atoms with van der Waals surface area (Å²) in [6.07, 6.45) is -3.52. The molecule has 8 nitrogen and oxygen atoms in total. The zero-order chi connectivity index (χ0) is 27.1. The molecule has 1 aromatic heterocycles. The van der Waals surface area contributed by atoms with E-state index in [0.717, 1.165) is 34.9 Å². The number of aromatic amines is 1. The van der Waals surface area contributed by atoms with Crippen LogP contribution in [0.3, 0.4) is 0 Å². The van der Waals surface area contributed by atoms with Crippen LogP contribution < -0.4 is 19.7 Å². The van der Waals surface area contributed by atoms with Crippen molar-refractivity contribution in [1.82, 2.24) is 15.1 Å². The van der Waals surface area contributed by atoms with Crippen molar-refractivity contribution in [3.63, 3.8) is 0 Å². The Morgan fingerprint density at radius 1 is 0.974 bits per heavy atom. The average molecular weight is 532 g/mol. The van der Waals surface area contributed by atoms with Gasteiger partial charge in [-0.25, -0.2) is 0 Å². The van der Waals surface area contributed by atoms with Crippen molar-refractivity contribution in [1.29, 1.82) is 0 Å². The quantitative estimate of drug-likeness (QED) is 0.400. The molecular weight excluding hydrogens is 499 g/mol. The van der Waals surface area contributed by atoms with E-state index < -0.39 is 12.6 Å². The van der Waals surface area contributed by atoms with Gasteiger partial charge in [-0.3, -0.25) is 14.8 Å². The molecule has 0 bridgehead atoms. The van der Waals surface area contributed by atoms with Crippen molar-refractivity contribution in [3.05, 3.63) is 65.4 Å². The minimum Gasteiger partial charge on any atom is -0.497 e. The molecule has 1 amide bonds. The second-order valence-electron chi connectivity index (χ2n) is 9.19. The molecule has 1 fully saturated rings. The van der Waals surface area contributed by atoms with Crippen LogP contribution in [0.5, 0.6) is 11.5 Å². The number of hydrogen-bond donors (Lipinski definition) is 2. The molecule has 3 aromatic rings. The van der Waals surface area contributed by atoms with Gasteiger partial charge in [-0.2, -0.15) is 18.3 Å². The summed E-state index contributed by atoms with van der Waals surface area (Å²) in [5.41, 5.74) is 3.30. The Kier molecular flexibility index (Phi) is 8.77. The number of carbonyl (C=O) groups excluding carboxylic acids is 1. The first-order valence-electron chi connectivity index (χ1n) is 12.4. The Morgan fingerprint density at radius 2 is 1.63 bits per heavy atom. The first-order valence-corrected chi connectivity index (χ1v) is 12.4. The highest BCUT2D eigenvalue weighted by molar-refractivity contribution is 6.03. The van der Waals surface area contributed by atoms with Gasteiger partial charge in [-0.1, -0.05) is 0 Å². The third-order valence-electron chi connectivity index (χ3n) is 6.54. The SMILES string of the molecule is COc1cc(CCc2cc(NC(=O)c3ccc(N4CCN(CCC(F)(F)F)CC4)cc3)[nH]n2)cc(OC)c1. The van der Waals surface area contributed by atoms with Crippen LogP contribution in [0.25, 0.3) is 0 Å². The van der Waals surface area contributed by atoms with E-state index in [4.69, 9.17) is 9.47 Å². The van der Waals surface area contributed by atoms with Gasteiger partial charge in [0.05, 0.1) is 26.3 Å². The molecule has 1 aliphatic heterocycles. The molecule has 11 heteroatoms. The van der Waals surface area contributed by atoms with Crippen LogP contribution in [-0.4, -0.2) is 74.1 Å². The summed E-state index contributed by atoms with van der Waals surface area (Å²) in [5, 5.41) is 9.99. The number of H-pyrrole nitrogens is 1. The molecule has 1 saturated heterocycles. The highest BCUT2D eigenvalue weighted by atomic mass is 19.4. The lowest BCUT2D eigenvalue weighted by Gasteiger charge is -2.36. The molecule has 0 radical (unpaired) electrons. The van der Waals surface area contributed by atoms with E-state index in [9.17, 15) is 18.0 Å². The standard InChI is InChI=1S/C27H32F3N5O3/c1-37-23-15-19(16-24(18-23)38-2)3-6-21-17-25(33-32-21)31-26(36)20-4-7-22(8-5-20)35-13-11-34(12-14-35)10-9-27(28,29)30/h4-5,7-8,15-18H,3,6,9-14H2,1-2H3,(H2,31,32,33,36). The minimum absolute atomic E-state index is 0.0293. The molecule has 0 aliphatic carbocycles. The average Bonchev–Trinajstić information content (AvgIpc) is 3.37. The van der Waals surface area contributed by atoms with Crippen LogP contribution in [0.1, 0.15) is 28.0 Å². The van der Waals surface area contributed by atoms with Gasteiger partial charge in [-0.15, -0.1) is 0 Å². The fourth-order valence-electron chi connectivity index (χ4n) is 4.37. The number of nitrogens with zero attached hydrogens (tertiary/aromatic N) is 3. The number of piperazine rings is 1. The number of aryl methyl sites for hydroxylation is 2. The van der Waals surface area contributed by atoms with Crippen molar-refractivity contribution < 1.29 is 27.4 Å². The number of aromatic nitrogens is 2. The molecule has 2 aromatic carbocycles.